The van der Waals surface area contributed by atoms with Crippen LogP contribution < -0.4 is 10.6 Å². The summed E-state index contributed by atoms with van der Waals surface area (Å²) in [5.74, 6) is 0. The summed E-state index contributed by atoms with van der Waals surface area (Å²) in [6.45, 7) is 4.28. The van der Waals surface area contributed by atoms with E-state index in [9.17, 15) is 4.79 Å². The van der Waals surface area contributed by atoms with Crippen LogP contribution in [0, 0.1) is 0 Å². The summed E-state index contributed by atoms with van der Waals surface area (Å²) >= 11 is 0. The van der Waals surface area contributed by atoms with Gasteiger partial charge >= 0.3 is 0 Å². The van der Waals surface area contributed by atoms with Crippen LogP contribution >= 0.6 is 12.4 Å². The molecular weight excluding hydrogens is 240 g/mol. The topological polar surface area (TPSA) is 50.4 Å². The highest BCUT2D eigenvalue weighted by atomic mass is 35.5. The molecule has 2 N–H and O–H groups in total. The third-order valence-electron chi connectivity index (χ3n) is 2.62. The van der Waals surface area contributed by atoms with Crippen molar-refractivity contribution >= 4 is 24.4 Å². The zero-order valence-corrected chi connectivity index (χ0v) is 10.5. The Labute approximate surface area is 107 Å². The predicted octanol–water partition coefficient (Wildman–Crippen LogP) is 1.67. The number of ether oxygens (including phenoxy) is 1. The Bertz CT molecular complexity index is 361. The van der Waals surface area contributed by atoms with Crippen LogP contribution in [0.2, 0.25) is 0 Å². The number of rotatable bonds is 3. The van der Waals surface area contributed by atoms with E-state index in [1.165, 1.54) is 0 Å². The second-order valence-corrected chi connectivity index (χ2v) is 4.18. The SMILES string of the molecule is C[C@@]1(Nc2ccc(C=O)cc2)COCCN1.Cl. The van der Waals surface area contributed by atoms with Crippen LogP contribution in [0.5, 0.6) is 0 Å². The molecule has 17 heavy (non-hydrogen) atoms. The lowest BCUT2D eigenvalue weighted by Crippen LogP contribution is -2.57. The Morgan fingerprint density at radius 1 is 1.41 bits per heavy atom. The van der Waals surface area contributed by atoms with Gasteiger partial charge in [0.1, 0.15) is 11.9 Å². The van der Waals surface area contributed by atoms with E-state index < -0.39 is 0 Å². The van der Waals surface area contributed by atoms with Gasteiger partial charge in [0.2, 0.25) is 0 Å². The summed E-state index contributed by atoms with van der Waals surface area (Å²) in [6, 6.07) is 7.38. The van der Waals surface area contributed by atoms with Gasteiger partial charge in [-0.05, 0) is 31.2 Å². The van der Waals surface area contributed by atoms with Gasteiger partial charge in [-0.3, -0.25) is 10.1 Å². The molecule has 1 aromatic rings. The van der Waals surface area contributed by atoms with E-state index in [2.05, 4.69) is 17.6 Å². The molecule has 1 saturated heterocycles. The molecule has 0 aliphatic carbocycles. The summed E-state index contributed by atoms with van der Waals surface area (Å²) in [4.78, 5) is 10.5. The molecule has 0 radical (unpaired) electrons. The van der Waals surface area contributed by atoms with Crippen molar-refractivity contribution in [2.24, 2.45) is 0 Å². The van der Waals surface area contributed by atoms with Crippen LogP contribution in [0.1, 0.15) is 17.3 Å². The van der Waals surface area contributed by atoms with Crippen molar-refractivity contribution in [3.05, 3.63) is 29.8 Å². The fourth-order valence-corrected chi connectivity index (χ4v) is 1.77. The molecule has 1 aliphatic rings. The highest BCUT2D eigenvalue weighted by Gasteiger charge is 2.26. The maximum absolute atomic E-state index is 10.5. The first-order valence-electron chi connectivity index (χ1n) is 5.38. The van der Waals surface area contributed by atoms with Crippen molar-refractivity contribution < 1.29 is 9.53 Å². The van der Waals surface area contributed by atoms with E-state index in [-0.39, 0.29) is 18.1 Å². The zero-order valence-electron chi connectivity index (χ0n) is 9.73. The minimum atomic E-state index is -0.235. The van der Waals surface area contributed by atoms with Gasteiger partial charge in [0, 0.05) is 17.8 Å². The highest BCUT2D eigenvalue weighted by molar-refractivity contribution is 5.85. The number of nitrogens with one attached hydrogen (secondary N) is 2. The van der Waals surface area contributed by atoms with E-state index in [1.807, 2.05) is 12.1 Å². The first kappa shape index (κ1) is 14.0. The molecular formula is C12H17ClN2O2. The number of benzene rings is 1. The fraction of sp³-hybridized carbons (Fsp3) is 0.417. The van der Waals surface area contributed by atoms with Crippen LogP contribution in [-0.2, 0) is 4.74 Å². The van der Waals surface area contributed by atoms with Gasteiger partial charge in [-0.15, -0.1) is 12.4 Å². The minimum absolute atomic E-state index is 0. The summed E-state index contributed by atoms with van der Waals surface area (Å²) in [6.07, 6.45) is 0.841. The van der Waals surface area contributed by atoms with E-state index >= 15 is 0 Å². The number of morpholine rings is 1. The molecule has 4 nitrogen and oxygen atoms in total. The van der Waals surface area contributed by atoms with E-state index in [1.54, 1.807) is 12.1 Å². The third kappa shape index (κ3) is 3.70. The van der Waals surface area contributed by atoms with Crippen molar-refractivity contribution in [3.63, 3.8) is 0 Å². The number of hydrogen-bond donors (Lipinski definition) is 2. The molecule has 0 spiro atoms. The molecule has 0 saturated carbocycles. The van der Waals surface area contributed by atoms with Crippen LogP contribution in [0.4, 0.5) is 5.69 Å². The van der Waals surface area contributed by atoms with Crippen molar-refractivity contribution in [2.45, 2.75) is 12.6 Å². The molecule has 2 rings (SSSR count). The fourth-order valence-electron chi connectivity index (χ4n) is 1.77. The molecule has 0 bridgehead atoms. The third-order valence-corrected chi connectivity index (χ3v) is 2.62. The molecule has 0 unspecified atom stereocenters. The number of halogens is 1. The Morgan fingerprint density at radius 3 is 2.65 bits per heavy atom. The Hall–Kier alpha value is -1.10. The first-order chi connectivity index (χ1) is 7.72. The van der Waals surface area contributed by atoms with E-state index in [4.69, 9.17) is 4.74 Å². The van der Waals surface area contributed by atoms with Crippen molar-refractivity contribution in [1.29, 1.82) is 0 Å². The van der Waals surface area contributed by atoms with Crippen LogP contribution in [0.25, 0.3) is 0 Å². The van der Waals surface area contributed by atoms with Gasteiger partial charge in [0.15, 0.2) is 0 Å². The highest BCUT2D eigenvalue weighted by Crippen LogP contribution is 2.15. The lowest BCUT2D eigenvalue weighted by molar-refractivity contribution is 0.0474. The average Bonchev–Trinajstić information content (AvgIpc) is 2.30. The van der Waals surface area contributed by atoms with E-state index in [0.29, 0.717) is 12.2 Å². The van der Waals surface area contributed by atoms with E-state index in [0.717, 1.165) is 25.1 Å². The maximum Gasteiger partial charge on any atom is 0.150 e. The molecule has 1 aromatic carbocycles. The van der Waals surface area contributed by atoms with Gasteiger partial charge in [-0.2, -0.15) is 0 Å². The average molecular weight is 257 g/mol. The summed E-state index contributed by atoms with van der Waals surface area (Å²) in [5.41, 5.74) is 1.43. The molecule has 0 amide bonds. The normalized spacial score (nSPS) is 23.6. The molecule has 1 aliphatic heterocycles. The van der Waals surface area contributed by atoms with Crippen molar-refractivity contribution in [1.82, 2.24) is 5.32 Å². The first-order valence-corrected chi connectivity index (χ1v) is 5.38. The maximum atomic E-state index is 10.5. The Morgan fingerprint density at radius 2 is 2.12 bits per heavy atom. The number of hydrogen-bond acceptors (Lipinski definition) is 4. The van der Waals surface area contributed by atoms with Gasteiger partial charge in [0.05, 0.1) is 13.2 Å². The molecule has 1 fully saturated rings. The summed E-state index contributed by atoms with van der Waals surface area (Å²) in [7, 11) is 0. The predicted molar refractivity (Wildman–Crippen MR) is 69.9 cm³/mol. The van der Waals surface area contributed by atoms with Gasteiger partial charge < -0.3 is 10.1 Å². The van der Waals surface area contributed by atoms with Crippen molar-refractivity contribution in [3.8, 4) is 0 Å². The second-order valence-electron chi connectivity index (χ2n) is 4.18. The number of anilines is 1. The van der Waals surface area contributed by atoms with Crippen LogP contribution in [0.15, 0.2) is 24.3 Å². The summed E-state index contributed by atoms with van der Waals surface area (Å²) in [5, 5.41) is 6.72. The number of aldehydes is 1. The summed E-state index contributed by atoms with van der Waals surface area (Å²) < 4.78 is 5.42. The van der Waals surface area contributed by atoms with Gasteiger partial charge in [-0.25, -0.2) is 0 Å². The second kappa shape index (κ2) is 6.00. The molecule has 1 atom stereocenters. The Kier molecular flexibility index (Phi) is 4.93. The monoisotopic (exact) mass is 256 g/mol. The standard InChI is InChI=1S/C12H16N2O2.ClH/c1-12(9-16-7-6-13-12)14-11-4-2-10(8-15)3-5-11;/h2-5,8,13-14H,6-7,9H2,1H3;1H/t12-;/m1./s1. The minimum Gasteiger partial charge on any atom is -0.376 e. The number of carbonyl (C=O) groups excluding carboxylic acids is 1. The van der Waals surface area contributed by atoms with Gasteiger partial charge in [-0.1, -0.05) is 0 Å². The van der Waals surface area contributed by atoms with Crippen LogP contribution in [-0.4, -0.2) is 31.7 Å². The number of carbonyl (C=O) groups is 1. The quantitative estimate of drug-likeness (QED) is 0.808. The molecule has 0 aromatic heterocycles. The van der Waals surface area contributed by atoms with Crippen molar-refractivity contribution in [2.75, 3.05) is 25.1 Å². The van der Waals surface area contributed by atoms with Crippen LogP contribution in [0.3, 0.4) is 0 Å². The largest absolute Gasteiger partial charge is 0.376 e. The zero-order chi connectivity index (χ0) is 11.4. The molecule has 1 heterocycles. The lowest BCUT2D eigenvalue weighted by Gasteiger charge is -2.36. The Balaban J connectivity index is 0.00000144. The smallest absolute Gasteiger partial charge is 0.150 e. The van der Waals surface area contributed by atoms with Gasteiger partial charge in [0.25, 0.3) is 0 Å². The lowest BCUT2D eigenvalue weighted by atomic mass is 10.1. The molecule has 5 heteroatoms. The molecule has 94 valence electrons.